The lowest BCUT2D eigenvalue weighted by molar-refractivity contribution is -0.126. The summed E-state index contributed by atoms with van der Waals surface area (Å²) in [4.78, 5) is 26.7. The van der Waals surface area contributed by atoms with Crippen molar-refractivity contribution in [3.05, 3.63) is 18.2 Å². The van der Waals surface area contributed by atoms with Crippen LogP contribution in [0.2, 0.25) is 0 Å². The highest BCUT2D eigenvalue weighted by Gasteiger charge is 2.36. The molecule has 1 aromatic carbocycles. The molecule has 2 atom stereocenters. The van der Waals surface area contributed by atoms with Gasteiger partial charge in [0.1, 0.15) is 11.5 Å². The van der Waals surface area contributed by atoms with Gasteiger partial charge in [-0.05, 0) is 31.4 Å². The second-order valence-electron chi connectivity index (χ2n) is 7.68. The molecule has 0 radical (unpaired) electrons. The molecule has 150 valence electrons. The number of rotatable bonds is 9. The van der Waals surface area contributed by atoms with E-state index in [1.54, 1.807) is 37.3 Å². The fourth-order valence-corrected chi connectivity index (χ4v) is 3.39. The first-order chi connectivity index (χ1) is 12.8. The molecule has 0 bridgehead atoms. The molecule has 0 unspecified atom stereocenters. The van der Waals surface area contributed by atoms with Crippen LogP contribution in [0, 0.1) is 11.8 Å². The Hall–Kier alpha value is -2.24. The maximum Gasteiger partial charge on any atom is 0.227 e. The van der Waals surface area contributed by atoms with E-state index in [2.05, 4.69) is 19.2 Å². The Balaban J connectivity index is 1.97. The molecule has 1 fully saturated rings. The van der Waals surface area contributed by atoms with E-state index in [9.17, 15) is 9.59 Å². The minimum absolute atomic E-state index is 0.0459. The highest BCUT2D eigenvalue weighted by Crippen LogP contribution is 2.35. The van der Waals surface area contributed by atoms with Crippen molar-refractivity contribution in [3.63, 3.8) is 0 Å². The van der Waals surface area contributed by atoms with E-state index in [4.69, 9.17) is 9.47 Å². The molecule has 2 amide bonds. The molecule has 2 rings (SSSR count). The van der Waals surface area contributed by atoms with Crippen LogP contribution in [0.3, 0.4) is 0 Å². The zero-order valence-corrected chi connectivity index (χ0v) is 17.1. The van der Waals surface area contributed by atoms with E-state index in [1.807, 2.05) is 6.92 Å². The third-order valence-electron chi connectivity index (χ3n) is 4.98. The molecule has 1 heterocycles. The predicted molar refractivity (Wildman–Crippen MR) is 106 cm³/mol. The number of benzene rings is 1. The SMILES string of the molecule is COc1ccc(N2C[C@@H](C(=O)N[C@@H](C)CCCC(C)C)CC2=O)c(OC)c1. The van der Waals surface area contributed by atoms with Crippen molar-refractivity contribution in [2.75, 3.05) is 25.7 Å². The van der Waals surface area contributed by atoms with E-state index in [1.165, 1.54) is 0 Å². The van der Waals surface area contributed by atoms with E-state index in [-0.39, 0.29) is 30.2 Å². The summed E-state index contributed by atoms with van der Waals surface area (Å²) in [5, 5.41) is 3.07. The zero-order chi connectivity index (χ0) is 20.0. The van der Waals surface area contributed by atoms with Crippen molar-refractivity contribution in [2.24, 2.45) is 11.8 Å². The zero-order valence-electron chi connectivity index (χ0n) is 17.1. The summed E-state index contributed by atoms with van der Waals surface area (Å²) in [6.45, 7) is 6.80. The van der Waals surface area contributed by atoms with Gasteiger partial charge in [0.05, 0.1) is 25.8 Å². The van der Waals surface area contributed by atoms with E-state index in [0.29, 0.717) is 29.6 Å². The summed E-state index contributed by atoms with van der Waals surface area (Å²) in [5.74, 6) is 1.45. The first-order valence-electron chi connectivity index (χ1n) is 9.68. The Bertz CT molecular complexity index is 660. The van der Waals surface area contributed by atoms with Gasteiger partial charge in [0.25, 0.3) is 0 Å². The van der Waals surface area contributed by atoms with Gasteiger partial charge in [-0.2, -0.15) is 0 Å². The number of carbonyl (C=O) groups excluding carboxylic acids is 2. The molecule has 1 aliphatic rings. The van der Waals surface area contributed by atoms with Crippen LogP contribution in [-0.4, -0.2) is 38.6 Å². The summed E-state index contributed by atoms with van der Waals surface area (Å²) in [6.07, 6.45) is 3.44. The molecule has 1 N–H and O–H groups in total. The van der Waals surface area contributed by atoms with Gasteiger partial charge in [-0.15, -0.1) is 0 Å². The number of anilines is 1. The number of amides is 2. The van der Waals surface area contributed by atoms with Gasteiger partial charge < -0.3 is 19.7 Å². The fraction of sp³-hybridized carbons (Fsp3) is 0.619. The number of ether oxygens (including phenoxy) is 2. The second-order valence-corrected chi connectivity index (χ2v) is 7.68. The average molecular weight is 376 g/mol. The first-order valence-corrected chi connectivity index (χ1v) is 9.68. The van der Waals surface area contributed by atoms with Crippen molar-refractivity contribution in [2.45, 2.75) is 52.5 Å². The van der Waals surface area contributed by atoms with Crippen LogP contribution < -0.4 is 19.7 Å². The van der Waals surface area contributed by atoms with Crippen molar-refractivity contribution >= 4 is 17.5 Å². The number of methoxy groups -OCH3 is 2. The predicted octanol–water partition coefficient (Wildman–Crippen LogP) is 3.39. The molecular formula is C21H32N2O4. The number of nitrogens with one attached hydrogen (secondary N) is 1. The van der Waals surface area contributed by atoms with Gasteiger partial charge in [0, 0.05) is 25.1 Å². The van der Waals surface area contributed by atoms with Crippen LogP contribution >= 0.6 is 0 Å². The summed E-state index contributed by atoms with van der Waals surface area (Å²) >= 11 is 0. The van der Waals surface area contributed by atoms with Crippen molar-refractivity contribution < 1.29 is 19.1 Å². The molecule has 1 aromatic rings. The molecule has 6 nitrogen and oxygen atoms in total. The molecule has 1 saturated heterocycles. The smallest absolute Gasteiger partial charge is 0.227 e. The van der Waals surface area contributed by atoms with E-state index >= 15 is 0 Å². The lowest BCUT2D eigenvalue weighted by Gasteiger charge is -2.21. The van der Waals surface area contributed by atoms with Crippen molar-refractivity contribution in [1.29, 1.82) is 0 Å². The minimum Gasteiger partial charge on any atom is -0.497 e. The lowest BCUT2D eigenvalue weighted by atomic mass is 10.0. The minimum atomic E-state index is -0.336. The highest BCUT2D eigenvalue weighted by molar-refractivity contribution is 6.01. The van der Waals surface area contributed by atoms with Crippen LogP contribution in [0.1, 0.15) is 46.5 Å². The molecule has 6 heteroatoms. The van der Waals surface area contributed by atoms with Gasteiger partial charge in [-0.1, -0.05) is 26.7 Å². The van der Waals surface area contributed by atoms with Gasteiger partial charge in [0.15, 0.2) is 0 Å². The lowest BCUT2D eigenvalue weighted by Crippen LogP contribution is -2.38. The second kappa shape index (κ2) is 9.62. The van der Waals surface area contributed by atoms with Crippen molar-refractivity contribution in [3.8, 4) is 11.5 Å². The summed E-state index contributed by atoms with van der Waals surface area (Å²) in [5.41, 5.74) is 0.670. The van der Waals surface area contributed by atoms with Gasteiger partial charge in [0.2, 0.25) is 11.8 Å². The topological polar surface area (TPSA) is 67.9 Å². The van der Waals surface area contributed by atoms with Crippen LogP contribution in [0.25, 0.3) is 0 Å². The normalized spacial score (nSPS) is 17.9. The monoisotopic (exact) mass is 376 g/mol. The van der Waals surface area contributed by atoms with Crippen LogP contribution in [0.15, 0.2) is 18.2 Å². The van der Waals surface area contributed by atoms with Gasteiger partial charge >= 0.3 is 0 Å². The average Bonchev–Trinajstić information content (AvgIpc) is 3.02. The van der Waals surface area contributed by atoms with Crippen molar-refractivity contribution in [1.82, 2.24) is 5.32 Å². The number of carbonyl (C=O) groups is 2. The standard InChI is InChI=1S/C21H32N2O4/c1-14(2)7-6-8-15(3)22-21(25)16-11-20(24)23(13-16)18-10-9-17(26-4)12-19(18)27-5/h9-10,12,14-16H,6-8,11,13H2,1-5H3,(H,22,25)/t15-,16-/m0/s1. The molecule has 0 saturated carbocycles. The van der Waals surface area contributed by atoms with Gasteiger partial charge in [-0.3, -0.25) is 9.59 Å². The highest BCUT2D eigenvalue weighted by atomic mass is 16.5. The third kappa shape index (κ3) is 5.62. The molecular weight excluding hydrogens is 344 g/mol. The maximum absolute atomic E-state index is 12.6. The van der Waals surface area contributed by atoms with E-state index in [0.717, 1.165) is 19.3 Å². The molecule has 0 spiro atoms. The summed E-state index contributed by atoms with van der Waals surface area (Å²) in [7, 11) is 3.14. The molecule has 0 aromatic heterocycles. The fourth-order valence-electron chi connectivity index (χ4n) is 3.39. The molecule has 0 aliphatic carbocycles. The summed E-state index contributed by atoms with van der Waals surface area (Å²) < 4.78 is 10.6. The Morgan fingerprint density at radius 2 is 1.96 bits per heavy atom. The van der Waals surface area contributed by atoms with Crippen LogP contribution in [0.5, 0.6) is 11.5 Å². The first kappa shape index (κ1) is 21.1. The van der Waals surface area contributed by atoms with Crippen LogP contribution in [-0.2, 0) is 9.59 Å². The number of hydrogen-bond acceptors (Lipinski definition) is 4. The molecule has 1 aliphatic heterocycles. The Labute approximate surface area is 162 Å². The Morgan fingerprint density at radius 1 is 1.22 bits per heavy atom. The summed E-state index contributed by atoms with van der Waals surface area (Å²) in [6, 6.07) is 5.45. The van der Waals surface area contributed by atoms with E-state index < -0.39 is 0 Å². The Morgan fingerprint density at radius 3 is 2.59 bits per heavy atom. The number of hydrogen-bond donors (Lipinski definition) is 1. The molecule has 27 heavy (non-hydrogen) atoms. The quantitative estimate of drug-likeness (QED) is 0.717. The van der Waals surface area contributed by atoms with Crippen LogP contribution in [0.4, 0.5) is 5.69 Å². The maximum atomic E-state index is 12.6. The Kier molecular flexibility index (Phi) is 7.51. The largest absolute Gasteiger partial charge is 0.497 e. The third-order valence-corrected chi connectivity index (χ3v) is 4.98. The van der Waals surface area contributed by atoms with Gasteiger partial charge in [-0.25, -0.2) is 0 Å². The number of nitrogens with zero attached hydrogens (tertiary/aromatic N) is 1.